The Bertz CT molecular complexity index is 1120. The second-order valence-electron chi connectivity index (χ2n) is 14.3. The lowest BCUT2D eigenvalue weighted by Crippen LogP contribution is -2.37. The van der Waals surface area contributed by atoms with Crippen molar-refractivity contribution in [2.45, 2.75) is 136 Å². The van der Waals surface area contributed by atoms with E-state index in [1.54, 1.807) is 0 Å². The third-order valence-electron chi connectivity index (χ3n) is 7.92. The fourth-order valence-corrected chi connectivity index (χ4v) is 5.53. The van der Waals surface area contributed by atoms with E-state index in [0.29, 0.717) is 24.1 Å². The number of unbranched alkanes of at least 4 members (excludes halogenated alkanes) is 8. The lowest BCUT2D eigenvalue weighted by molar-refractivity contribution is -0.870. The molecule has 0 aromatic rings. The first-order valence-corrected chi connectivity index (χ1v) is 21.8. The molecule has 8 nitrogen and oxygen atoms in total. The van der Waals surface area contributed by atoms with Gasteiger partial charge in [0, 0.05) is 13.0 Å². The highest BCUT2D eigenvalue weighted by atomic mass is 31.2. The number of quaternary nitrogens is 1. The quantitative estimate of drug-likeness (QED) is 0.0223. The Hall–Kier alpha value is -2.32. The number of carbonyl (C=O) groups excluding carboxylic acids is 1. The molecule has 1 N–H and O–H groups in total. The molecule has 0 aromatic carbocycles. The second-order valence-corrected chi connectivity index (χ2v) is 15.7. The van der Waals surface area contributed by atoms with Gasteiger partial charge in [0.05, 0.1) is 34.4 Å². The van der Waals surface area contributed by atoms with Crippen LogP contribution in [0.3, 0.4) is 0 Å². The minimum absolute atomic E-state index is 0.0722. The van der Waals surface area contributed by atoms with Gasteiger partial charge in [-0.15, -0.1) is 0 Å². The van der Waals surface area contributed by atoms with Crippen molar-refractivity contribution < 1.29 is 37.3 Å². The molecule has 0 aliphatic heterocycles. The highest BCUT2D eigenvalue weighted by Crippen LogP contribution is 2.43. The minimum atomic E-state index is -4.29. The number of rotatable bonds is 36. The van der Waals surface area contributed by atoms with Crippen LogP contribution in [0.5, 0.6) is 0 Å². The Kier molecular flexibility index (Phi) is 35.0. The van der Waals surface area contributed by atoms with E-state index in [-0.39, 0.29) is 25.8 Å². The van der Waals surface area contributed by atoms with Gasteiger partial charge in [0.25, 0.3) is 0 Å². The Balaban J connectivity index is 4.40. The summed E-state index contributed by atoms with van der Waals surface area (Å²) in [5.74, 6) is -0.349. The van der Waals surface area contributed by atoms with Crippen LogP contribution < -0.4 is 0 Å². The fraction of sp³-hybridized carbons (Fsp3) is 0.659. The lowest BCUT2D eigenvalue weighted by atomic mass is 10.1. The van der Waals surface area contributed by atoms with Crippen molar-refractivity contribution >= 4 is 13.8 Å². The van der Waals surface area contributed by atoms with Crippen molar-refractivity contribution in [2.24, 2.45) is 0 Å². The van der Waals surface area contributed by atoms with E-state index < -0.39 is 13.9 Å². The van der Waals surface area contributed by atoms with Gasteiger partial charge in [0.15, 0.2) is 0 Å². The van der Waals surface area contributed by atoms with Crippen LogP contribution in [-0.4, -0.2) is 75.6 Å². The largest absolute Gasteiger partial charge is 0.472 e. The molecule has 0 spiro atoms. The summed E-state index contributed by atoms with van der Waals surface area (Å²) in [5.41, 5.74) is 0. The number of esters is 1. The average molecular weight is 763 g/mol. The van der Waals surface area contributed by atoms with Crippen LogP contribution in [0.1, 0.15) is 129 Å². The van der Waals surface area contributed by atoms with Crippen LogP contribution in [0.25, 0.3) is 0 Å². The normalized spacial score (nSPS) is 14.8. The van der Waals surface area contributed by atoms with Crippen LogP contribution in [-0.2, 0) is 27.9 Å². The van der Waals surface area contributed by atoms with E-state index in [9.17, 15) is 14.3 Å². The zero-order valence-corrected chi connectivity index (χ0v) is 35.1. The molecule has 9 heteroatoms. The van der Waals surface area contributed by atoms with Gasteiger partial charge in [0.1, 0.15) is 19.3 Å². The maximum atomic E-state index is 12.6. The van der Waals surface area contributed by atoms with Gasteiger partial charge in [0.2, 0.25) is 0 Å². The van der Waals surface area contributed by atoms with Gasteiger partial charge in [-0.25, -0.2) is 4.57 Å². The molecule has 0 aliphatic carbocycles. The molecule has 0 aliphatic rings. The molecule has 0 saturated carbocycles. The molecule has 304 valence electrons. The Morgan fingerprint density at radius 2 is 1.09 bits per heavy atom. The Labute approximate surface area is 325 Å². The Morgan fingerprint density at radius 3 is 1.64 bits per heavy atom. The van der Waals surface area contributed by atoms with Gasteiger partial charge in [-0.05, 0) is 83.5 Å². The molecule has 0 saturated heterocycles. The summed E-state index contributed by atoms with van der Waals surface area (Å²) in [6.45, 7) is 5.27. The molecule has 0 bridgehead atoms. The van der Waals surface area contributed by atoms with Crippen molar-refractivity contribution in [3.05, 3.63) is 85.1 Å². The van der Waals surface area contributed by atoms with E-state index in [1.807, 2.05) is 21.1 Å². The first kappa shape index (κ1) is 50.7. The van der Waals surface area contributed by atoms with Gasteiger partial charge in [-0.2, -0.15) is 0 Å². The predicted octanol–water partition coefficient (Wildman–Crippen LogP) is 11.7. The molecule has 53 heavy (non-hydrogen) atoms. The molecular formula is C44H77NO7P+. The summed E-state index contributed by atoms with van der Waals surface area (Å²) in [6.07, 6.45) is 47.6. The summed E-state index contributed by atoms with van der Waals surface area (Å²) in [7, 11) is 1.61. The van der Waals surface area contributed by atoms with Crippen LogP contribution in [0, 0.1) is 0 Å². The predicted molar refractivity (Wildman–Crippen MR) is 224 cm³/mol. The number of carbonyl (C=O) groups is 1. The number of ether oxygens (including phenoxy) is 2. The molecule has 0 radical (unpaired) electrons. The molecule has 0 rings (SSSR count). The first-order valence-electron chi connectivity index (χ1n) is 20.3. The molecule has 2 unspecified atom stereocenters. The molecular weight excluding hydrogens is 685 g/mol. The Morgan fingerprint density at radius 1 is 0.604 bits per heavy atom. The zero-order chi connectivity index (χ0) is 39.1. The van der Waals surface area contributed by atoms with Crippen LogP contribution in [0.2, 0.25) is 0 Å². The maximum Gasteiger partial charge on any atom is 0.472 e. The van der Waals surface area contributed by atoms with Gasteiger partial charge in [-0.1, -0.05) is 125 Å². The van der Waals surface area contributed by atoms with Crippen LogP contribution in [0.4, 0.5) is 0 Å². The average Bonchev–Trinajstić information content (AvgIpc) is 3.11. The van der Waals surface area contributed by atoms with Crippen LogP contribution >= 0.6 is 7.82 Å². The monoisotopic (exact) mass is 763 g/mol. The van der Waals surface area contributed by atoms with Crippen molar-refractivity contribution in [2.75, 3.05) is 54.1 Å². The number of phosphoric acid groups is 1. The number of hydrogen-bond acceptors (Lipinski definition) is 6. The highest BCUT2D eigenvalue weighted by Gasteiger charge is 2.26. The highest BCUT2D eigenvalue weighted by molar-refractivity contribution is 7.47. The van der Waals surface area contributed by atoms with Gasteiger partial charge < -0.3 is 18.9 Å². The van der Waals surface area contributed by atoms with E-state index >= 15 is 0 Å². The molecule has 0 fully saturated rings. The summed E-state index contributed by atoms with van der Waals surface area (Å²) in [4.78, 5) is 22.8. The van der Waals surface area contributed by atoms with Crippen molar-refractivity contribution in [3.63, 3.8) is 0 Å². The number of hydrogen-bond donors (Lipinski definition) is 1. The standard InChI is InChI=1S/C44H76NO7P/c1-6-8-10-12-14-16-18-20-21-22-23-24-26-28-30-32-34-36-39-49-41-43(42-51-53(47,48)50-40-38-45(3,4)5)52-44(46)37-35-33-31-29-27-25-19-17-15-13-11-9-7-2/h8,10-11,13-14,16-17,19-21,23-24,28,30,43H,6-7,9,12,15,18,22,25-27,29,31-42H2,1-5H3/p+1/b10-8-,13-11-,16-14-,19-17-,21-20-,24-23-,30-28-. The van der Waals surface area contributed by atoms with Crippen molar-refractivity contribution in [1.29, 1.82) is 0 Å². The van der Waals surface area contributed by atoms with Crippen LogP contribution in [0.15, 0.2) is 85.1 Å². The van der Waals surface area contributed by atoms with E-state index in [4.69, 9.17) is 18.5 Å². The third-order valence-corrected chi connectivity index (χ3v) is 8.91. The minimum Gasteiger partial charge on any atom is -0.457 e. The van der Waals surface area contributed by atoms with Crippen molar-refractivity contribution in [1.82, 2.24) is 0 Å². The maximum absolute atomic E-state index is 12.6. The molecule has 2 atom stereocenters. The number of nitrogens with zero attached hydrogens (tertiary/aromatic N) is 1. The zero-order valence-electron chi connectivity index (χ0n) is 34.2. The number of allylic oxidation sites excluding steroid dienone is 14. The van der Waals surface area contributed by atoms with E-state index in [1.165, 1.54) is 6.42 Å². The summed E-state index contributed by atoms with van der Waals surface area (Å²) in [5, 5.41) is 0. The van der Waals surface area contributed by atoms with Crippen molar-refractivity contribution in [3.8, 4) is 0 Å². The number of likely N-dealkylation sites (N-methyl/N-ethyl adjacent to an activating group) is 1. The molecule has 0 aromatic heterocycles. The summed E-state index contributed by atoms with van der Waals surface area (Å²) in [6, 6.07) is 0. The SMILES string of the molecule is CC/C=C\C/C=C\C/C=C\C/C=C\C/C=C\CCCCOCC(COP(=O)(O)OCC[N+](C)(C)C)OC(=O)CCCCCCC/C=C\C/C=C\CCC. The first-order chi connectivity index (χ1) is 25.6. The van der Waals surface area contributed by atoms with Gasteiger partial charge in [-0.3, -0.25) is 13.8 Å². The fourth-order valence-electron chi connectivity index (χ4n) is 4.79. The smallest absolute Gasteiger partial charge is 0.457 e. The lowest BCUT2D eigenvalue weighted by Gasteiger charge is -2.24. The summed E-state index contributed by atoms with van der Waals surface area (Å²) >= 11 is 0. The molecule has 0 heterocycles. The third kappa shape index (κ3) is 40.7. The summed E-state index contributed by atoms with van der Waals surface area (Å²) < 4.78 is 34.8. The molecule has 0 amide bonds. The van der Waals surface area contributed by atoms with Gasteiger partial charge >= 0.3 is 13.8 Å². The van der Waals surface area contributed by atoms with E-state index in [2.05, 4.69) is 98.9 Å². The second kappa shape index (κ2) is 36.6. The van der Waals surface area contributed by atoms with E-state index in [0.717, 1.165) is 103 Å². The topological polar surface area (TPSA) is 91.3 Å². The number of phosphoric ester groups is 1.